The van der Waals surface area contributed by atoms with Crippen molar-refractivity contribution in [3.05, 3.63) is 46.0 Å². The van der Waals surface area contributed by atoms with Crippen LogP contribution in [-0.2, 0) is 6.18 Å². The summed E-state index contributed by atoms with van der Waals surface area (Å²) in [5.41, 5.74) is 2.19. The van der Waals surface area contributed by atoms with Crippen molar-refractivity contribution in [3.8, 4) is 0 Å². The standard InChI is InChI=1S/C11H12BrF3N2/c1-6(2)10(17-16)8-4-3-7(12)5-9(8)11(13,14)15/h3-5,10,17H,1,16H2,2H3. The summed E-state index contributed by atoms with van der Waals surface area (Å²) in [6.07, 6.45) is -4.43. The zero-order valence-corrected chi connectivity index (χ0v) is 10.7. The molecule has 1 atom stereocenters. The molecular weight excluding hydrogens is 297 g/mol. The average molecular weight is 309 g/mol. The molecule has 0 saturated carbocycles. The Kier molecular flexibility index (Phi) is 4.35. The summed E-state index contributed by atoms with van der Waals surface area (Å²) in [5.74, 6) is 5.27. The zero-order chi connectivity index (χ0) is 13.2. The first-order chi connectivity index (χ1) is 7.77. The first kappa shape index (κ1) is 14.2. The van der Waals surface area contributed by atoms with E-state index in [4.69, 9.17) is 5.84 Å². The lowest BCUT2D eigenvalue weighted by molar-refractivity contribution is -0.138. The lowest BCUT2D eigenvalue weighted by atomic mass is 9.96. The van der Waals surface area contributed by atoms with Gasteiger partial charge in [0, 0.05) is 4.47 Å². The Morgan fingerprint density at radius 2 is 2.06 bits per heavy atom. The van der Waals surface area contributed by atoms with Crippen LogP contribution in [0.4, 0.5) is 13.2 Å². The first-order valence-electron chi connectivity index (χ1n) is 4.75. The second-order valence-corrected chi connectivity index (χ2v) is 4.59. The van der Waals surface area contributed by atoms with Gasteiger partial charge in [0.1, 0.15) is 0 Å². The molecular formula is C11H12BrF3N2. The third-order valence-corrected chi connectivity index (χ3v) is 2.78. The number of benzene rings is 1. The number of nitrogens with two attached hydrogens (primary N) is 1. The fourth-order valence-corrected chi connectivity index (χ4v) is 1.88. The molecule has 1 unspecified atom stereocenters. The van der Waals surface area contributed by atoms with E-state index in [1.807, 2.05) is 0 Å². The number of hydrazine groups is 1. The molecule has 0 radical (unpaired) electrons. The van der Waals surface area contributed by atoms with Gasteiger partial charge in [0.05, 0.1) is 11.6 Å². The summed E-state index contributed by atoms with van der Waals surface area (Å²) >= 11 is 3.02. The highest BCUT2D eigenvalue weighted by molar-refractivity contribution is 9.10. The Bertz CT molecular complexity index is 429. The van der Waals surface area contributed by atoms with Gasteiger partial charge in [-0.15, -0.1) is 0 Å². The lowest BCUT2D eigenvalue weighted by Gasteiger charge is -2.21. The van der Waals surface area contributed by atoms with Crippen molar-refractivity contribution in [1.82, 2.24) is 5.43 Å². The summed E-state index contributed by atoms with van der Waals surface area (Å²) in [7, 11) is 0. The maximum Gasteiger partial charge on any atom is 0.416 e. The van der Waals surface area contributed by atoms with Gasteiger partial charge < -0.3 is 0 Å². The molecule has 0 aromatic heterocycles. The van der Waals surface area contributed by atoms with Crippen molar-refractivity contribution < 1.29 is 13.2 Å². The monoisotopic (exact) mass is 308 g/mol. The van der Waals surface area contributed by atoms with Crippen LogP contribution < -0.4 is 11.3 Å². The molecule has 0 bridgehead atoms. The van der Waals surface area contributed by atoms with E-state index in [1.165, 1.54) is 12.1 Å². The molecule has 0 heterocycles. The molecule has 0 amide bonds. The topological polar surface area (TPSA) is 38.0 Å². The first-order valence-corrected chi connectivity index (χ1v) is 5.55. The third kappa shape index (κ3) is 3.31. The second-order valence-electron chi connectivity index (χ2n) is 3.68. The molecule has 0 aliphatic rings. The van der Waals surface area contributed by atoms with E-state index in [1.54, 1.807) is 6.92 Å². The van der Waals surface area contributed by atoms with Crippen LogP contribution in [0.3, 0.4) is 0 Å². The highest BCUT2D eigenvalue weighted by atomic mass is 79.9. The van der Waals surface area contributed by atoms with Crippen molar-refractivity contribution in [2.75, 3.05) is 0 Å². The molecule has 0 aliphatic heterocycles. The molecule has 0 fully saturated rings. The minimum atomic E-state index is -4.43. The largest absolute Gasteiger partial charge is 0.416 e. The van der Waals surface area contributed by atoms with E-state index in [0.717, 1.165) is 6.07 Å². The molecule has 1 aromatic rings. The molecule has 0 spiro atoms. The van der Waals surface area contributed by atoms with Gasteiger partial charge in [0.15, 0.2) is 0 Å². The van der Waals surface area contributed by atoms with Gasteiger partial charge in [-0.25, -0.2) is 5.43 Å². The van der Waals surface area contributed by atoms with E-state index in [9.17, 15) is 13.2 Å². The van der Waals surface area contributed by atoms with Gasteiger partial charge in [-0.3, -0.25) is 5.84 Å². The van der Waals surface area contributed by atoms with E-state index in [0.29, 0.717) is 10.0 Å². The van der Waals surface area contributed by atoms with Crippen LogP contribution in [0.15, 0.2) is 34.8 Å². The summed E-state index contributed by atoms with van der Waals surface area (Å²) in [5, 5.41) is 0. The van der Waals surface area contributed by atoms with Gasteiger partial charge in [-0.1, -0.05) is 34.1 Å². The fourth-order valence-electron chi connectivity index (χ4n) is 1.52. The second kappa shape index (κ2) is 5.20. The van der Waals surface area contributed by atoms with E-state index < -0.39 is 17.8 Å². The fraction of sp³-hybridized carbons (Fsp3) is 0.273. The van der Waals surface area contributed by atoms with Crippen LogP contribution in [0.5, 0.6) is 0 Å². The maximum atomic E-state index is 12.9. The Hall–Kier alpha value is -0.850. The Morgan fingerprint density at radius 3 is 2.47 bits per heavy atom. The minimum Gasteiger partial charge on any atom is -0.271 e. The minimum absolute atomic E-state index is 0.0655. The Labute approximate surface area is 106 Å². The summed E-state index contributed by atoms with van der Waals surface area (Å²) < 4.78 is 39.0. The summed E-state index contributed by atoms with van der Waals surface area (Å²) in [6, 6.07) is 3.23. The highest BCUT2D eigenvalue weighted by Gasteiger charge is 2.35. The zero-order valence-electron chi connectivity index (χ0n) is 9.11. The average Bonchev–Trinajstić information content (AvgIpc) is 2.19. The SMILES string of the molecule is C=C(C)C(NN)c1ccc(Br)cc1C(F)(F)F. The molecule has 1 rings (SSSR count). The molecule has 2 nitrogen and oxygen atoms in total. The van der Waals surface area contributed by atoms with Gasteiger partial charge in [-0.2, -0.15) is 13.2 Å². The van der Waals surface area contributed by atoms with Crippen LogP contribution >= 0.6 is 15.9 Å². The van der Waals surface area contributed by atoms with Crippen LogP contribution in [0.1, 0.15) is 24.1 Å². The molecule has 0 saturated heterocycles. The lowest BCUT2D eigenvalue weighted by Crippen LogP contribution is -2.30. The van der Waals surface area contributed by atoms with Crippen LogP contribution in [0.2, 0.25) is 0 Å². The molecule has 0 aliphatic carbocycles. The van der Waals surface area contributed by atoms with E-state index >= 15 is 0 Å². The molecule has 3 N–H and O–H groups in total. The van der Waals surface area contributed by atoms with Crippen molar-refractivity contribution in [2.24, 2.45) is 5.84 Å². The van der Waals surface area contributed by atoms with Gasteiger partial charge in [0.2, 0.25) is 0 Å². The van der Waals surface area contributed by atoms with E-state index in [2.05, 4.69) is 27.9 Å². The quantitative estimate of drug-likeness (QED) is 0.509. The van der Waals surface area contributed by atoms with Crippen molar-refractivity contribution in [1.29, 1.82) is 0 Å². The van der Waals surface area contributed by atoms with Gasteiger partial charge in [-0.05, 0) is 24.6 Å². The predicted octanol–water partition coefficient (Wildman–Crippen LogP) is 3.55. The molecule has 1 aromatic carbocycles. The van der Waals surface area contributed by atoms with Crippen molar-refractivity contribution >= 4 is 15.9 Å². The van der Waals surface area contributed by atoms with Crippen LogP contribution in [-0.4, -0.2) is 0 Å². The number of halogens is 4. The number of hydrogen-bond donors (Lipinski definition) is 2. The third-order valence-electron chi connectivity index (χ3n) is 2.29. The number of nitrogens with one attached hydrogen (secondary N) is 1. The molecule has 6 heteroatoms. The number of hydrogen-bond acceptors (Lipinski definition) is 2. The number of rotatable bonds is 3. The molecule has 17 heavy (non-hydrogen) atoms. The van der Waals surface area contributed by atoms with Gasteiger partial charge >= 0.3 is 6.18 Å². The predicted molar refractivity (Wildman–Crippen MR) is 64.0 cm³/mol. The van der Waals surface area contributed by atoms with Gasteiger partial charge in [0.25, 0.3) is 0 Å². The highest BCUT2D eigenvalue weighted by Crippen LogP contribution is 2.37. The maximum absolute atomic E-state index is 12.9. The normalized spacial score (nSPS) is 13.5. The smallest absolute Gasteiger partial charge is 0.271 e. The van der Waals surface area contributed by atoms with E-state index in [-0.39, 0.29) is 5.56 Å². The van der Waals surface area contributed by atoms with Crippen LogP contribution in [0, 0.1) is 0 Å². The summed E-state index contributed by atoms with van der Waals surface area (Å²) in [4.78, 5) is 0. The van der Waals surface area contributed by atoms with Crippen molar-refractivity contribution in [2.45, 2.75) is 19.1 Å². The number of alkyl halides is 3. The van der Waals surface area contributed by atoms with Crippen molar-refractivity contribution in [3.63, 3.8) is 0 Å². The Balaban J connectivity index is 3.37. The Morgan fingerprint density at radius 1 is 1.47 bits per heavy atom. The summed E-state index contributed by atoms with van der Waals surface area (Å²) in [6.45, 7) is 5.24. The molecule has 94 valence electrons. The van der Waals surface area contributed by atoms with Crippen LogP contribution in [0.25, 0.3) is 0 Å².